The Hall–Kier alpha value is 0.657. The number of halogens is 1. The highest BCUT2D eigenvalue weighted by atomic mass is 79.9. The Kier molecular flexibility index (Phi) is 9.27. The van der Waals surface area contributed by atoms with Crippen LogP contribution in [-0.4, -0.2) is 21.0 Å². The quantitative estimate of drug-likeness (QED) is 0.377. The van der Waals surface area contributed by atoms with Gasteiger partial charge in [-0.25, -0.2) is 0 Å². The van der Waals surface area contributed by atoms with Crippen molar-refractivity contribution >= 4 is 25.0 Å². The molecule has 11 heavy (non-hydrogen) atoms. The van der Waals surface area contributed by atoms with E-state index in [2.05, 4.69) is 29.0 Å². The zero-order chi connectivity index (χ0) is 8.53. The van der Waals surface area contributed by atoms with Crippen molar-refractivity contribution in [2.45, 2.75) is 38.8 Å². The summed E-state index contributed by atoms with van der Waals surface area (Å²) in [6.07, 6.45) is 5.22. The van der Waals surface area contributed by atoms with Crippen LogP contribution in [0.3, 0.4) is 0 Å². The third kappa shape index (κ3) is 10.7. The van der Waals surface area contributed by atoms with Crippen molar-refractivity contribution in [3.63, 3.8) is 0 Å². The first kappa shape index (κ1) is 11.7. The normalized spacial score (nSPS) is 10.9. The molecule has 0 aromatic heterocycles. The van der Waals surface area contributed by atoms with Crippen LogP contribution in [0.2, 0.25) is 13.1 Å². The summed E-state index contributed by atoms with van der Waals surface area (Å²) in [6, 6.07) is 0. The third-order valence-corrected chi connectivity index (χ3v) is 2.94. The zero-order valence-corrected chi connectivity index (χ0v) is 10.3. The molecule has 0 saturated carbocycles. The van der Waals surface area contributed by atoms with Crippen LogP contribution in [0.5, 0.6) is 0 Å². The van der Waals surface area contributed by atoms with Crippen molar-refractivity contribution in [2.24, 2.45) is 0 Å². The summed E-state index contributed by atoms with van der Waals surface area (Å²) >= 11 is 3.42. The summed E-state index contributed by atoms with van der Waals surface area (Å²) in [7, 11) is -0.739. The molecule has 0 aromatic carbocycles. The Bertz CT molecular complexity index is 78.5. The van der Waals surface area contributed by atoms with E-state index < -0.39 is 9.04 Å². The number of hydrogen-bond acceptors (Lipinski definition) is 1. The van der Waals surface area contributed by atoms with Crippen LogP contribution in [0.15, 0.2) is 0 Å². The molecule has 0 spiro atoms. The third-order valence-electron chi connectivity index (χ3n) is 1.48. The maximum absolute atomic E-state index is 5.55. The zero-order valence-electron chi connectivity index (χ0n) is 7.61. The number of unbranched alkanes of at least 4 members (excludes halogenated alkanes) is 3. The van der Waals surface area contributed by atoms with E-state index in [9.17, 15) is 0 Å². The molecule has 0 aliphatic carbocycles. The monoisotopic (exact) mass is 238 g/mol. The lowest BCUT2D eigenvalue weighted by molar-refractivity contribution is 0.312. The van der Waals surface area contributed by atoms with Crippen LogP contribution in [0.1, 0.15) is 25.7 Å². The summed E-state index contributed by atoms with van der Waals surface area (Å²) in [5.74, 6) is 0. The van der Waals surface area contributed by atoms with Crippen LogP contribution in [0.25, 0.3) is 0 Å². The fraction of sp³-hybridized carbons (Fsp3) is 1.00. The van der Waals surface area contributed by atoms with Gasteiger partial charge in [0.15, 0.2) is 9.04 Å². The minimum atomic E-state index is -0.739. The Balaban J connectivity index is 2.80. The molecule has 0 bridgehead atoms. The van der Waals surface area contributed by atoms with E-state index in [4.69, 9.17) is 4.43 Å². The minimum absolute atomic E-state index is 0.739. The van der Waals surface area contributed by atoms with E-state index in [0.717, 1.165) is 11.9 Å². The van der Waals surface area contributed by atoms with Gasteiger partial charge in [0.2, 0.25) is 0 Å². The highest BCUT2D eigenvalue weighted by Crippen LogP contribution is 2.02. The minimum Gasteiger partial charge on any atom is -0.421 e. The summed E-state index contributed by atoms with van der Waals surface area (Å²) in [5, 5.41) is 1.15. The number of alkyl halides is 1. The van der Waals surface area contributed by atoms with Crippen molar-refractivity contribution in [1.82, 2.24) is 0 Å². The molecule has 0 aliphatic rings. The molecule has 0 aliphatic heterocycles. The molecule has 0 aromatic rings. The largest absolute Gasteiger partial charge is 0.421 e. The lowest BCUT2D eigenvalue weighted by atomic mass is 10.2. The maximum atomic E-state index is 5.55. The molecule has 0 radical (unpaired) electrons. The highest BCUT2D eigenvalue weighted by molar-refractivity contribution is 9.09. The van der Waals surface area contributed by atoms with Gasteiger partial charge in [-0.2, -0.15) is 0 Å². The maximum Gasteiger partial charge on any atom is 0.170 e. The predicted octanol–water partition coefficient (Wildman–Crippen LogP) is 2.94. The second-order valence-corrected chi connectivity index (χ2v) is 6.25. The molecule has 1 nitrogen and oxygen atoms in total. The SMILES string of the molecule is C[SiH](C)OCCCCCCBr. The van der Waals surface area contributed by atoms with Gasteiger partial charge in [-0.15, -0.1) is 0 Å². The van der Waals surface area contributed by atoms with Gasteiger partial charge >= 0.3 is 0 Å². The van der Waals surface area contributed by atoms with Gasteiger partial charge in [0.25, 0.3) is 0 Å². The fourth-order valence-electron chi connectivity index (χ4n) is 0.869. The second-order valence-electron chi connectivity index (χ2n) is 3.02. The molecule has 0 rings (SSSR count). The number of hydrogen-bond donors (Lipinski definition) is 0. The summed E-state index contributed by atoms with van der Waals surface area (Å²) in [5.41, 5.74) is 0. The smallest absolute Gasteiger partial charge is 0.170 e. The van der Waals surface area contributed by atoms with E-state index in [1.54, 1.807) is 0 Å². The van der Waals surface area contributed by atoms with Gasteiger partial charge < -0.3 is 4.43 Å². The van der Waals surface area contributed by atoms with Crippen LogP contribution in [0, 0.1) is 0 Å². The predicted molar refractivity (Wildman–Crippen MR) is 57.1 cm³/mol. The molecule has 0 heterocycles. The average molecular weight is 239 g/mol. The Labute approximate surface area is 80.4 Å². The summed E-state index contributed by atoms with van der Waals surface area (Å²) in [6.45, 7) is 5.43. The van der Waals surface area contributed by atoms with Gasteiger partial charge in [-0.3, -0.25) is 0 Å². The second kappa shape index (κ2) is 8.75. The lowest BCUT2D eigenvalue weighted by Gasteiger charge is -2.05. The van der Waals surface area contributed by atoms with Crippen LogP contribution < -0.4 is 0 Å². The van der Waals surface area contributed by atoms with E-state index in [0.29, 0.717) is 0 Å². The Morgan fingerprint density at radius 3 is 2.27 bits per heavy atom. The van der Waals surface area contributed by atoms with Gasteiger partial charge in [0.1, 0.15) is 0 Å². The van der Waals surface area contributed by atoms with Crippen molar-refractivity contribution < 1.29 is 4.43 Å². The van der Waals surface area contributed by atoms with Crippen molar-refractivity contribution in [3.05, 3.63) is 0 Å². The number of rotatable bonds is 7. The van der Waals surface area contributed by atoms with Crippen LogP contribution in [0.4, 0.5) is 0 Å². The first-order valence-corrected chi connectivity index (χ1v) is 8.35. The van der Waals surface area contributed by atoms with Crippen molar-refractivity contribution in [3.8, 4) is 0 Å². The molecule has 68 valence electrons. The summed E-state index contributed by atoms with van der Waals surface area (Å²) in [4.78, 5) is 0. The van der Waals surface area contributed by atoms with E-state index in [1.165, 1.54) is 25.7 Å². The molecule has 0 N–H and O–H groups in total. The van der Waals surface area contributed by atoms with Crippen molar-refractivity contribution in [2.75, 3.05) is 11.9 Å². The Morgan fingerprint density at radius 2 is 1.73 bits per heavy atom. The van der Waals surface area contributed by atoms with E-state index in [1.807, 2.05) is 0 Å². The molecular formula is C8H19BrOSi. The van der Waals surface area contributed by atoms with Gasteiger partial charge in [-0.05, 0) is 25.9 Å². The first-order chi connectivity index (χ1) is 5.27. The van der Waals surface area contributed by atoms with Crippen molar-refractivity contribution in [1.29, 1.82) is 0 Å². The van der Waals surface area contributed by atoms with Crippen LogP contribution >= 0.6 is 15.9 Å². The highest BCUT2D eigenvalue weighted by Gasteiger charge is 1.94. The first-order valence-electron chi connectivity index (χ1n) is 4.45. The average Bonchev–Trinajstić information content (AvgIpc) is 1.96. The van der Waals surface area contributed by atoms with Gasteiger partial charge in [0.05, 0.1) is 0 Å². The molecule has 0 atom stereocenters. The van der Waals surface area contributed by atoms with E-state index >= 15 is 0 Å². The summed E-state index contributed by atoms with van der Waals surface area (Å²) < 4.78 is 5.55. The molecule has 0 saturated heterocycles. The van der Waals surface area contributed by atoms with Gasteiger partial charge in [-0.1, -0.05) is 28.8 Å². The standard InChI is InChI=1S/C8H19BrOSi/c1-11(2)10-8-6-4-3-5-7-9/h11H,3-8H2,1-2H3. The molecule has 0 amide bonds. The van der Waals surface area contributed by atoms with Crippen LogP contribution in [-0.2, 0) is 4.43 Å². The molecule has 0 fully saturated rings. The molecule has 0 unspecified atom stereocenters. The van der Waals surface area contributed by atoms with E-state index in [-0.39, 0.29) is 0 Å². The fourth-order valence-corrected chi connectivity index (χ4v) is 1.90. The molecule has 3 heteroatoms. The lowest BCUT2D eigenvalue weighted by Crippen LogP contribution is -2.08. The molecular weight excluding hydrogens is 220 g/mol. The topological polar surface area (TPSA) is 9.23 Å². The Morgan fingerprint density at radius 1 is 1.09 bits per heavy atom. The van der Waals surface area contributed by atoms with Gasteiger partial charge in [0, 0.05) is 11.9 Å².